The molecule has 0 amide bonds. The van der Waals surface area contributed by atoms with Crippen molar-refractivity contribution in [2.24, 2.45) is 0 Å². The molecule has 0 saturated carbocycles. The van der Waals surface area contributed by atoms with Gasteiger partial charge in [0.1, 0.15) is 0 Å². The van der Waals surface area contributed by atoms with Crippen LogP contribution in [-0.4, -0.2) is 78.7 Å². The van der Waals surface area contributed by atoms with Crippen LogP contribution < -0.4 is 0 Å². The molecule has 105 valence electrons. The summed E-state index contributed by atoms with van der Waals surface area (Å²) in [5.41, 5.74) is -2.49. The number of rotatable bonds is 8. The summed E-state index contributed by atoms with van der Waals surface area (Å²) in [6.45, 7) is -0.816. The third-order valence-corrected chi connectivity index (χ3v) is 2.79. The van der Waals surface area contributed by atoms with E-state index in [9.17, 15) is 19.2 Å². The summed E-state index contributed by atoms with van der Waals surface area (Å²) in [5, 5.41) is 26.1. The van der Waals surface area contributed by atoms with Crippen molar-refractivity contribution in [1.29, 1.82) is 0 Å². The summed E-state index contributed by atoms with van der Waals surface area (Å²) in [6.07, 6.45) is -2.16. The van der Waals surface area contributed by atoms with Crippen LogP contribution in [0.5, 0.6) is 0 Å². The standard InChI is InChI=1S/C8H10O9.Pb.U.2H/c9-4(10)1-8(7(15)16,2-5(11)12)17-3-6(13)14;;;;/h1-3H2,(H,9,10)(H,11,12)(H,13,14)(H,15,16);;;;/q;;+1;;/p-1. The zero-order valence-corrected chi connectivity index (χ0v) is 19.3. The molecule has 0 bridgehead atoms. The molecule has 0 fully saturated rings. The molecule has 0 aromatic heterocycles. The van der Waals surface area contributed by atoms with E-state index in [-0.39, 0.29) is 57.2 Å². The van der Waals surface area contributed by atoms with E-state index in [0.29, 0.717) is 0 Å². The number of carbonyl (C=O) groups excluding carboxylic acids is 1. The van der Waals surface area contributed by atoms with Gasteiger partial charge in [-0.25, -0.2) is 0 Å². The molecule has 0 heterocycles. The molecule has 0 aromatic rings. The Morgan fingerprint density at radius 1 is 1.00 bits per heavy atom. The number of carboxylic acid groups (broad SMARTS) is 3. The number of hydrogen-bond acceptors (Lipinski definition) is 6. The van der Waals surface area contributed by atoms with E-state index in [1.165, 1.54) is 0 Å². The van der Waals surface area contributed by atoms with Crippen LogP contribution in [0.15, 0.2) is 0 Å². The Kier molecular flexibility index (Phi) is 10.8. The van der Waals surface area contributed by atoms with Crippen LogP contribution in [0.3, 0.4) is 0 Å². The molecule has 11 heteroatoms. The van der Waals surface area contributed by atoms with E-state index in [2.05, 4.69) is 6.98 Å². The van der Waals surface area contributed by atoms with Crippen molar-refractivity contribution in [2.75, 3.05) is 6.61 Å². The minimum absolute atomic E-state index is 0. The molecule has 0 aliphatic heterocycles. The van der Waals surface area contributed by atoms with Gasteiger partial charge in [0.05, 0.1) is 0 Å². The van der Waals surface area contributed by atoms with Gasteiger partial charge in [0, 0.05) is 0 Å². The minimum atomic E-state index is -2.49. The first-order valence-electron chi connectivity index (χ1n) is 4.41. The van der Waals surface area contributed by atoms with E-state index in [1.54, 1.807) is 0 Å². The third-order valence-electron chi connectivity index (χ3n) is 1.84. The van der Waals surface area contributed by atoms with E-state index in [4.69, 9.17) is 15.3 Å². The molecule has 0 aliphatic carbocycles. The summed E-state index contributed by atoms with van der Waals surface area (Å²) < 4.78 is 9.01. The molecular weight excluding hydrogens is 685 g/mol. The Morgan fingerprint density at radius 3 is 1.68 bits per heavy atom. The second-order valence-electron chi connectivity index (χ2n) is 3.20. The van der Waals surface area contributed by atoms with Crippen LogP contribution in [0.25, 0.3) is 0 Å². The van der Waals surface area contributed by atoms with E-state index < -0.39 is 48.9 Å². The van der Waals surface area contributed by atoms with Crippen LogP contribution >= 0.6 is 0 Å². The van der Waals surface area contributed by atoms with Crippen LogP contribution in [-0.2, 0) is 26.2 Å². The van der Waals surface area contributed by atoms with Gasteiger partial charge in [-0.15, -0.1) is 0 Å². The monoisotopic (exact) mass is 697 g/mol. The molecule has 0 aromatic carbocycles. The van der Waals surface area contributed by atoms with Crippen molar-refractivity contribution >= 4 is 51.2 Å². The van der Waals surface area contributed by atoms with E-state index in [0.717, 1.165) is 0 Å². The van der Waals surface area contributed by atoms with Crippen molar-refractivity contribution in [3.05, 3.63) is 0 Å². The Balaban J connectivity index is 0. The summed E-state index contributed by atoms with van der Waals surface area (Å²) in [5.74, 6) is -5.75. The summed E-state index contributed by atoms with van der Waals surface area (Å²) in [7, 11) is 0. The number of carbonyl (C=O) groups is 4. The topological polar surface area (TPSA) is 147 Å². The zero-order valence-electron chi connectivity index (χ0n) is 9.62. The molecule has 0 atom stereocenters. The van der Waals surface area contributed by atoms with Crippen LogP contribution in [0.4, 0.5) is 0 Å². The predicted octanol–water partition coefficient (Wildman–Crippen LogP) is -2.13. The van der Waals surface area contributed by atoms with Gasteiger partial charge >= 0.3 is 148 Å². The molecule has 9 nitrogen and oxygen atoms in total. The van der Waals surface area contributed by atoms with Crippen LogP contribution in [0, 0.1) is 29.9 Å². The van der Waals surface area contributed by atoms with Gasteiger partial charge in [0.25, 0.3) is 0 Å². The van der Waals surface area contributed by atoms with Gasteiger partial charge in [0.2, 0.25) is 0 Å². The average molecular weight is 696 g/mol. The quantitative estimate of drug-likeness (QED) is 0.242. The molecule has 0 rings (SSSR count). The number of ether oxygens (including phenoxy) is 1. The fourth-order valence-corrected chi connectivity index (χ4v) is 1.34. The molecule has 0 saturated heterocycles. The Bertz CT molecular complexity index is 353. The maximum absolute atomic E-state index is 11.0. The van der Waals surface area contributed by atoms with Crippen LogP contribution in [0.1, 0.15) is 12.8 Å². The normalized spacial score (nSPS) is 10.2. The van der Waals surface area contributed by atoms with E-state index >= 15 is 0 Å². The summed E-state index contributed by atoms with van der Waals surface area (Å²) >= 11 is -0.147. The van der Waals surface area contributed by atoms with Gasteiger partial charge in [-0.1, -0.05) is 0 Å². The van der Waals surface area contributed by atoms with Crippen molar-refractivity contribution in [1.82, 2.24) is 0 Å². The molecule has 19 heavy (non-hydrogen) atoms. The maximum atomic E-state index is 11.0. The van der Waals surface area contributed by atoms with Gasteiger partial charge in [-0.3, -0.25) is 0 Å². The van der Waals surface area contributed by atoms with Gasteiger partial charge in [-0.05, 0) is 0 Å². The number of aliphatic carboxylic acids is 3. The number of hydrogen-bond donors (Lipinski definition) is 3. The summed E-state index contributed by atoms with van der Waals surface area (Å²) in [4.78, 5) is 43.0. The Hall–Kier alpha value is -0.186. The molecule has 0 unspecified atom stereocenters. The van der Waals surface area contributed by atoms with Gasteiger partial charge in [0.15, 0.2) is 0 Å². The molecule has 0 spiro atoms. The molecule has 2 radical (unpaired) electrons. The molecular formula is C8H11O9PbU. The van der Waals surface area contributed by atoms with Crippen molar-refractivity contribution in [3.63, 3.8) is 0 Å². The number of carboxylic acids is 3. The molecule has 0 aliphatic rings. The molecule has 3 N–H and O–H groups in total. The Morgan fingerprint density at radius 2 is 1.42 bits per heavy atom. The summed E-state index contributed by atoms with van der Waals surface area (Å²) in [6, 6.07) is 0. The third kappa shape index (κ3) is 7.86. The van der Waals surface area contributed by atoms with Gasteiger partial charge < -0.3 is 0 Å². The predicted molar refractivity (Wildman–Crippen MR) is 55.5 cm³/mol. The fourth-order valence-electron chi connectivity index (χ4n) is 1.09. The zero-order chi connectivity index (χ0) is 14.3. The van der Waals surface area contributed by atoms with Crippen LogP contribution in [0.2, 0.25) is 0 Å². The first-order chi connectivity index (χ1) is 8.23. The van der Waals surface area contributed by atoms with Gasteiger partial charge in [-0.2, -0.15) is 0 Å². The van der Waals surface area contributed by atoms with Crippen molar-refractivity contribution < 1.29 is 71.4 Å². The van der Waals surface area contributed by atoms with Crippen molar-refractivity contribution in [2.45, 2.75) is 18.4 Å². The SMILES string of the molecule is O=C(O)CC(CC(=O)O)(OCC(=O)[O][U])C(=O)O.[PbH2]. The first kappa shape index (κ1) is 21.1. The van der Waals surface area contributed by atoms with Crippen molar-refractivity contribution in [3.8, 4) is 0 Å². The first-order valence-corrected chi connectivity index (χ1v) is 6.11. The Labute approximate surface area is 146 Å². The fraction of sp³-hybridized carbons (Fsp3) is 0.500. The van der Waals surface area contributed by atoms with E-state index in [1.807, 2.05) is 0 Å². The second-order valence-corrected chi connectivity index (χ2v) is 4.05. The second kappa shape index (κ2) is 9.68. The average Bonchev–Trinajstić information content (AvgIpc) is 2.23.